The van der Waals surface area contributed by atoms with Crippen LogP contribution in [0, 0.1) is 5.92 Å². The third-order valence-electron chi connectivity index (χ3n) is 4.68. The molecule has 3 atom stereocenters. The predicted molar refractivity (Wildman–Crippen MR) is 93.2 cm³/mol. The summed E-state index contributed by atoms with van der Waals surface area (Å²) >= 11 is 0. The van der Waals surface area contributed by atoms with Crippen molar-refractivity contribution in [1.82, 2.24) is 0 Å². The van der Waals surface area contributed by atoms with Crippen molar-refractivity contribution >= 4 is 11.9 Å². The largest absolute Gasteiger partial charge is 0.458 e. The molecule has 0 aromatic rings. The van der Waals surface area contributed by atoms with E-state index in [0.29, 0.717) is 17.6 Å². The molecule has 24 heavy (non-hydrogen) atoms. The fraction of sp³-hybridized carbons (Fsp3) is 0.500. The van der Waals surface area contributed by atoms with E-state index in [1.807, 2.05) is 19.9 Å². The first-order valence-corrected chi connectivity index (χ1v) is 8.40. The minimum atomic E-state index is -0.463. The fourth-order valence-corrected chi connectivity index (χ4v) is 3.08. The van der Waals surface area contributed by atoms with Gasteiger partial charge in [0.05, 0.1) is 5.92 Å². The van der Waals surface area contributed by atoms with Crippen molar-refractivity contribution in [3.05, 3.63) is 47.1 Å². The summed E-state index contributed by atoms with van der Waals surface area (Å²) in [6.45, 7) is 11.5. The molecule has 0 radical (unpaired) electrons. The first kappa shape index (κ1) is 18.2. The van der Waals surface area contributed by atoms with Crippen LogP contribution in [0.2, 0.25) is 0 Å². The number of esters is 2. The molecule has 1 heterocycles. The van der Waals surface area contributed by atoms with E-state index < -0.39 is 18.2 Å². The topological polar surface area (TPSA) is 52.6 Å². The van der Waals surface area contributed by atoms with Crippen molar-refractivity contribution in [2.45, 2.75) is 59.2 Å². The van der Waals surface area contributed by atoms with Gasteiger partial charge in [-0.15, -0.1) is 0 Å². The lowest BCUT2D eigenvalue weighted by Gasteiger charge is -2.27. The highest BCUT2D eigenvalue weighted by Crippen LogP contribution is 2.36. The summed E-state index contributed by atoms with van der Waals surface area (Å²) in [5.41, 5.74) is 3.24. The highest BCUT2D eigenvalue weighted by atomic mass is 16.6. The van der Waals surface area contributed by atoms with Gasteiger partial charge in [-0.05, 0) is 46.6 Å². The highest BCUT2D eigenvalue weighted by molar-refractivity contribution is 5.92. The van der Waals surface area contributed by atoms with E-state index >= 15 is 0 Å². The Morgan fingerprint density at radius 3 is 2.75 bits per heavy atom. The normalized spacial score (nSPS) is 32.8. The van der Waals surface area contributed by atoms with E-state index in [2.05, 4.69) is 12.7 Å². The molecule has 4 nitrogen and oxygen atoms in total. The summed E-state index contributed by atoms with van der Waals surface area (Å²) in [5, 5.41) is 0. The summed E-state index contributed by atoms with van der Waals surface area (Å²) in [7, 11) is 0. The van der Waals surface area contributed by atoms with Gasteiger partial charge in [0.2, 0.25) is 0 Å². The van der Waals surface area contributed by atoms with Crippen molar-refractivity contribution in [3.63, 3.8) is 0 Å². The van der Waals surface area contributed by atoms with Crippen molar-refractivity contribution in [1.29, 1.82) is 0 Å². The van der Waals surface area contributed by atoms with Gasteiger partial charge in [0, 0.05) is 17.6 Å². The monoisotopic (exact) mass is 330 g/mol. The molecule has 2 rings (SSSR count). The third kappa shape index (κ3) is 4.05. The number of ether oxygens (including phenoxy) is 2. The highest BCUT2D eigenvalue weighted by Gasteiger charge is 2.44. The lowest BCUT2D eigenvalue weighted by atomic mass is 9.85. The lowest BCUT2D eigenvalue weighted by Crippen LogP contribution is -2.33. The van der Waals surface area contributed by atoms with Crippen LogP contribution in [0.15, 0.2) is 47.1 Å². The second-order valence-electron chi connectivity index (χ2n) is 6.64. The Hall–Kier alpha value is -2.10. The van der Waals surface area contributed by atoms with E-state index in [-0.39, 0.29) is 11.9 Å². The quantitative estimate of drug-likeness (QED) is 0.436. The van der Waals surface area contributed by atoms with Crippen LogP contribution in [0.25, 0.3) is 0 Å². The summed E-state index contributed by atoms with van der Waals surface area (Å²) in [4.78, 5) is 24.3. The van der Waals surface area contributed by atoms with Crippen LogP contribution in [0.1, 0.15) is 47.0 Å². The molecule has 0 spiro atoms. The van der Waals surface area contributed by atoms with Crippen molar-refractivity contribution in [3.8, 4) is 0 Å². The van der Waals surface area contributed by atoms with Gasteiger partial charge in [-0.3, -0.25) is 0 Å². The van der Waals surface area contributed by atoms with Gasteiger partial charge in [0.1, 0.15) is 12.2 Å². The SMILES string of the molecule is C=C1C(=O)O[C@@H]2/C=C(\C)CC/C=C(\C)C[C@@H](OC(=O)/C(C)=C/C)[C@@H]12. The van der Waals surface area contributed by atoms with E-state index in [4.69, 9.17) is 9.47 Å². The number of fused-ring (bicyclic) bond motifs is 1. The average Bonchev–Trinajstić information content (AvgIpc) is 2.79. The van der Waals surface area contributed by atoms with Crippen LogP contribution in [-0.4, -0.2) is 24.1 Å². The lowest BCUT2D eigenvalue weighted by molar-refractivity contribution is -0.147. The minimum Gasteiger partial charge on any atom is -0.458 e. The summed E-state index contributed by atoms with van der Waals surface area (Å²) in [6.07, 6.45) is 7.40. The second-order valence-corrected chi connectivity index (χ2v) is 6.64. The molecule has 1 aliphatic carbocycles. The number of hydrogen-bond acceptors (Lipinski definition) is 4. The minimum absolute atomic E-state index is 0.345. The van der Waals surface area contributed by atoms with Gasteiger partial charge in [-0.1, -0.05) is 29.9 Å². The molecule has 0 amide bonds. The molecule has 1 fully saturated rings. The van der Waals surface area contributed by atoms with Gasteiger partial charge in [-0.2, -0.15) is 0 Å². The molecule has 1 aliphatic heterocycles. The molecule has 0 bridgehead atoms. The molecule has 0 aromatic heterocycles. The van der Waals surface area contributed by atoms with Gasteiger partial charge < -0.3 is 9.47 Å². The van der Waals surface area contributed by atoms with Gasteiger partial charge in [0.25, 0.3) is 0 Å². The molecule has 0 aromatic carbocycles. The molecular weight excluding hydrogens is 304 g/mol. The number of carbonyl (C=O) groups excluding carboxylic acids is 2. The Kier molecular flexibility index (Phi) is 5.81. The zero-order valence-electron chi connectivity index (χ0n) is 14.9. The Balaban J connectivity index is 2.38. The van der Waals surface area contributed by atoms with Crippen molar-refractivity contribution < 1.29 is 19.1 Å². The molecule has 0 saturated carbocycles. The summed E-state index contributed by atoms with van der Waals surface area (Å²) in [5.74, 6) is -1.11. The second kappa shape index (κ2) is 7.65. The van der Waals surface area contributed by atoms with Crippen LogP contribution in [0.3, 0.4) is 0 Å². The van der Waals surface area contributed by atoms with Gasteiger partial charge in [-0.25, -0.2) is 9.59 Å². The maximum absolute atomic E-state index is 12.3. The molecule has 4 heteroatoms. The van der Waals surface area contributed by atoms with E-state index in [0.717, 1.165) is 24.0 Å². The maximum atomic E-state index is 12.3. The first-order valence-electron chi connectivity index (χ1n) is 8.40. The zero-order chi connectivity index (χ0) is 17.9. The van der Waals surface area contributed by atoms with Crippen LogP contribution < -0.4 is 0 Å². The third-order valence-corrected chi connectivity index (χ3v) is 4.68. The molecular formula is C20H26O4. The van der Waals surface area contributed by atoms with E-state index in [1.54, 1.807) is 19.9 Å². The molecule has 0 unspecified atom stereocenters. The molecule has 0 N–H and O–H groups in total. The number of allylic oxidation sites excluding steroid dienone is 3. The maximum Gasteiger partial charge on any atom is 0.334 e. The van der Waals surface area contributed by atoms with Crippen LogP contribution in [0.5, 0.6) is 0 Å². The van der Waals surface area contributed by atoms with Crippen molar-refractivity contribution in [2.75, 3.05) is 0 Å². The molecule has 130 valence electrons. The van der Waals surface area contributed by atoms with Crippen LogP contribution in [0.4, 0.5) is 0 Å². The predicted octanol–water partition coefficient (Wildman–Crippen LogP) is 4.04. The number of carbonyl (C=O) groups is 2. The average molecular weight is 330 g/mol. The van der Waals surface area contributed by atoms with Gasteiger partial charge in [0.15, 0.2) is 0 Å². The summed E-state index contributed by atoms with van der Waals surface area (Å²) < 4.78 is 11.2. The first-order chi connectivity index (χ1) is 11.3. The standard InChI is InChI=1S/C20H26O4/c1-6-14(4)19(21)23-16-10-12(2)8-7-9-13(3)11-17-18(16)15(5)20(22)24-17/h6,8,11,16-18H,5,7,9-10H2,1-4H3/b12-8+,13-11+,14-6+/t16-,17-,18-/m1/s1. The van der Waals surface area contributed by atoms with Gasteiger partial charge >= 0.3 is 11.9 Å². The Bertz CT molecular complexity index is 636. The van der Waals surface area contributed by atoms with Crippen LogP contribution >= 0.6 is 0 Å². The molecule has 1 saturated heterocycles. The van der Waals surface area contributed by atoms with E-state index in [1.165, 1.54) is 0 Å². The Labute approximate surface area is 143 Å². The summed E-state index contributed by atoms with van der Waals surface area (Å²) in [6, 6.07) is 0. The molecule has 2 aliphatic rings. The smallest absolute Gasteiger partial charge is 0.334 e. The Morgan fingerprint density at radius 2 is 2.08 bits per heavy atom. The van der Waals surface area contributed by atoms with E-state index in [9.17, 15) is 9.59 Å². The van der Waals surface area contributed by atoms with Crippen molar-refractivity contribution in [2.24, 2.45) is 5.92 Å². The fourth-order valence-electron chi connectivity index (χ4n) is 3.08. The van der Waals surface area contributed by atoms with Crippen LogP contribution in [-0.2, 0) is 19.1 Å². The number of rotatable bonds is 2. The number of hydrogen-bond donors (Lipinski definition) is 0. The Morgan fingerprint density at radius 1 is 1.38 bits per heavy atom. The zero-order valence-corrected chi connectivity index (χ0v) is 14.9.